The molecule has 8 nitrogen and oxygen atoms in total. The van der Waals surface area contributed by atoms with Crippen molar-refractivity contribution in [3.05, 3.63) is 142 Å². The summed E-state index contributed by atoms with van der Waals surface area (Å²) in [4.78, 5) is 34.7. The Morgan fingerprint density at radius 1 is 0.812 bits per heavy atom. The number of carbonyl (C=O) groups is 2. The largest absolute Gasteiger partial charge is 0.478 e. The Morgan fingerprint density at radius 2 is 1.40 bits per heavy atom. The number of carboxylic acids is 2. The second kappa shape index (κ2) is 10.7. The van der Waals surface area contributed by atoms with Crippen molar-refractivity contribution in [1.29, 1.82) is 0 Å². The number of rotatable bonds is 6. The molecular formula is C38H30F2N4O4. The molecule has 8 rings (SSSR count). The van der Waals surface area contributed by atoms with Gasteiger partial charge in [-0.05, 0) is 66.3 Å². The van der Waals surface area contributed by atoms with Crippen LogP contribution in [-0.4, -0.2) is 42.6 Å². The molecule has 1 saturated carbocycles. The zero-order valence-corrected chi connectivity index (χ0v) is 26.0. The number of fused-ring (bicyclic) bond motifs is 6. The first-order chi connectivity index (χ1) is 23.1. The van der Waals surface area contributed by atoms with E-state index < -0.39 is 41.5 Å². The van der Waals surface area contributed by atoms with Crippen LogP contribution >= 0.6 is 0 Å². The predicted molar refractivity (Wildman–Crippen MR) is 175 cm³/mol. The summed E-state index contributed by atoms with van der Waals surface area (Å²) in [7, 11) is 0. The smallest absolute Gasteiger partial charge is 0.334 e. The number of alkyl halides is 2. The monoisotopic (exact) mass is 644 g/mol. The summed E-state index contributed by atoms with van der Waals surface area (Å²) in [6.07, 6.45) is 3.45. The van der Waals surface area contributed by atoms with Gasteiger partial charge in [0.25, 0.3) is 5.92 Å². The Bertz CT molecular complexity index is 2180. The van der Waals surface area contributed by atoms with Crippen molar-refractivity contribution in [2.24, 2.45) is 5.92 Å². The SMILES string of the molecule is CC1=C(C(=O)O)C(CC2c3ccccc3C3C(c4ccccc42)C3(F)F)C(C(=O)O)=C(c2ccc(-n3c(C)nc4cnccc43)cc2)N1. The van der Waals surface area contributed by atoms with Crippen molar-refractivity contribution >= 4 is 28.7 Å². The molecule has 240 valence electrons. The first-order valence-electron chi connectivity index (χ1n) is 15.7. The van der Waals surface area contributed by atoms with E-state index in [1.165, 1.54) is 0 Å². The quantitative estimate of drug-likeness (QED) is 0.180. The molecule has 0 bridgehead atoms. The second-order valence-electron chi connectivity index (χ2n) is 12.7. The molecule has 48 heavy (non-hydrogen) atoms. The lowest BCUT2D eigenvalue weighted by Gasteiger charge is -2.33. The fourth-order valence-electron chi connectivity index (χ4n) is 8.07. The zero-order valence-electron chi connectivity index (χ0n) is 26.0. The van der Waals surface area contributed by atoms with E-state index in [9.17, 15) is 19.8 Å². The third-order valence-corrected chi connectivity index (χ3v) is 10.1. The maximum Gasteiger partial charge on any atom is 0.334 e. The van der Waals surface area contributed by atoms with Crippen LogP contribution < -0.4 is 5.32 Å². The number of allylic oxidation sites excluding steroid dienone is 1. The minimum atomic E-state index is -2.90. The van der Waals surface area contributed by atoms with Crippen LogP contribution in [0.25, 0.3) is 22.4 Å². The van der Waals surface area contributed by atoms with Crippen LogP contribution in [0.1, 0.15) is 64.7 Å². The van der Waals surface area contributed by atoms with E-state index in [0.29, 0.717) is 39.2 Å². The highest BCUT2D eigenvalue weighted by Crippen LogP contribution is 2.70. The summed E-state index contributed by atoms with van der Waals surface area (Å²) in [5.74, 6) is -8.18. The van der Waals surface area contributed by atoms with Crippen molar-refractivity contribution in [3.8, 4) is 5.69 Å². The van der Waals surface area contributed by atoms with Crippen LogP contribution in [-0.2, 0) is 9.59 Å². The van der Waals surface area contributed by atoms with E-state index in [-0.39, 0.29) is 17.6 Å². The minimum Gasteiger partial charge on any atom is -0.478 e. The van der Waals surface area contributed by atoms with Gasteiger partial charge in [0, 0.05) is 29.4 Å². The predicted octanol–water partition coefficient (Wildman–Crippen LogP) is 7.15. The molecular weight excluding hydrogens is 614 g/mol. The number of halogens is 2. The van der Waals surface area contributed by atoms with Gasteiger partial charge in [0.15, 0.2) is 0 Å². The van der Waals surface area contributed by atoms with E-state index >= 15 is 8.78 Å². The molecule has 0 amide bonds. The van der Waals surface area contributed by atoms with Crippen LogP contribution in [0.5, 0.6) is 0 Å². The van der Waals surface area contributed by atoms with Gasteiger partial charge in [0.1, 0.15) is 11.3 Å². The van der Waals surface area contributed by atoms with E-state index in [1.54, 1.807) is 67.8 Å². The maximum atomic E-state index is 15.3. The lowest BCUT2D eigenvalue weighted by atomic mass is 9.73. The Morgan fingerprint density at radius 3 is 1.98 bits per heavy atom. The summed E-state index contributed by atoms with van der Waals surface area (Å²) in [6, 6.07) is 23.3. The average molecular weight is 645 g/mol. The van der Waals surface area contributed by atoms with Gasteiger partial charge in [-0.25, -0.2) is 23.4 Å². The molecule has 3 aliphatic rings. The van der Waals surface area contributed by atoms with Gasteiger partial charge in [-0.3, -0.25) is 9.55 Å². The Balaban J connectivity index is 1.26. The van der Waals surface area contributed by atoms with Crippen LogP contribution in [0.15, 0.2) is 108 Å². The molecule has 5 aromatic rings. The van der Waals surface area contributed by atoms with Gasteiger partial charge in [0.2, 0.25) is 0 Å². The molecule has 3 N–H and O–H groups in total. The highest BCUT2D eigenvalue weighted by Gasteiger charge is 2.71. The second-order valence-corrected chi connectivity index (χ2v) is 12.7. The Kier molecular flexibility index (Phi) is 6.63. The Hall–Kier alpha value is -5.64. The fraction of sp³-hybridized carbons (Fsp3) is 0.211. The van der Waals surface area contributed by atoms with E-state index in [2.05, 4.69) is 15.3 Å². The number of aliphatic carboxylic acids is 2. The summed E-state index contributed by atoms with van der Waals surface area (Å²) >= 11 is 0. The highest BCUT2D eigenvalue weighted by atomic mass is 19.3. The molecule has 0 spiro atoms. The normalized spacial score (nSPS) is 22.3. The molecule has 1 fully saturated rings. The molecule has 2 aliphatic carbocycles. The van der Waals surface area contributed by atoms with Crippen LogP contribution in [0.4, 0.5) is 8.78 Å². The number of nitrogens with one attached hydrogen (secondary N) is 1. The molecule has 0 saturated heterocycles. The van der Waals surface area contributed by atoms with Gasteiger partial charge in [-0.2, -0.15) is 0 Å². The van der Waals surface area contributed by atoms with Crippen molar-refractivity contribution in [2.75, 3.05) is 0 Å². The summed E-state index contributed by atoms with van der Waals surface area (Å²) in [5, 5.41) is 24.3. The number of carboxylic acid groups (broad SMARTS) is 2. The van der Waals surface area contributed by atoms with Gasteiger partial charge in [0.05, 0.1) is 40.4 Å². The zero-order chi connectivity index (χ0) is 33.5. The van der Waals surface area contributed by atoms with Crippen molar-refractivity contribution in [2.45, 2.75) is 43.9 Å². The standard InChI is InChI=1S/C38H30F2N4O4/c1-19-31(36(45)46)28(17-27-23-7-3-5-9-25(23)33-34(38(33,39)40)26-10-6-4-8-24(26)27)32(37(47)48)35(42-19)21-11-13-22(14-12-21)44-20(2)43-29-18-41-16-15-30(29)44/h3-16,18,27-28,33-34,42H,17H2,1-2H3,(H,45,46)(H,47,48). The summed E-state index contributed by atoms with van der Waals surface area (Å²) < 4.78 is 32.5. The number of pyridine rings is 1. The molecule has 3 unspecified atom stereocenters. The third-order valence-electron chi connectivity index (χ3n) is 10.1. The number of aryl methyl sites for hydroxylation is 1. The number of aromatic nitrogens is 3. The van der Waals surface area contributed by atoms with Gasteiger partial charge in [-0.1, -0.05) is 60.7 Å². The molecule has 10 heteroatoms. The first kappa shape index (κ1) is 29.7. The lowest BCUT2D eigenvalue weighted by molar-refractivity contribution is -0.134. The van der Waals surface area contributed by atoms with Crippen LogP contribution in [0.2, 0.25) is 0 Å². The highest BCUT2D eigenvalue weighted by molar-refractivity contribution is 6.02. The molecule has 3 heterocycles. The first-order valence-corrected chi connectivity index (χ1v) is 15.7. The minimum absolute atomic E-state index is 0.0587. The number of hydrogen-bond donors (Lipinski definition) is 3. The summed E-state index contributed by atoms with van der Waals surface area (Å²) in [6.45, 7) is 3.52. The van der Waals surface area contributed by atoms with Crippen LogP contribution in [0, 0.1) is 12.8 Å². The number of benzene rings is 3. The van der Waals surface area contributed by atoms with Gasteiger partial charge >= 0.3 is 11.9 Å². The van der Waals surface area contributed by atoms with Gasteiger partial charge in [-0.15, -0.1) is 0 Å². The molecule has 3 aromatic carbocycles. The van der Waals surface area contributed by atoms with E-state index in [1.807, 2.05) is 41.8 Å². The van der Waals surface area contributed by atoms with Gasteiger partial charge < -0.3 is 15.5 Å². The average Bonchev–Trinajstić information content (AvgIpc) is 3.52. The topological polar surface area (TPSA) is 117 Å². The van der Waals surface area contributed by atoms with E-state index in [4.69, 9.17) is 0 Å². The number of nitrogens with zero attached hydrogens (tertiary/aromatic N) is 3. The van der Waals surface area contributed by atoms with Crippen molar-refractivity contribution in [1.82, 2.24) is 19.9 Å². The van der Waals surface area contributed by atoms with Crippen molar-refractivity contribution < 1.29 is 28.6 Å². The molecule has 0 radical (unpaired) electrons. The number of dihydropyridines is 1. The fourth-order valence-corrected chi connectivity index (χ4v) is 8.07. The molecule has 1 aliphatic heterocycles. The third kappa shape index (κ3) is 4.39. The Labute approximate surface area is 274 Å². The number of hydrogen-bond acceptors (Lipinski definition) is 5. The molecule has 2 aromatic heterocycles. The molecule has 3 atom stereocenters. The number of imidazole rings is 1. The lowest BCUT2D eigenvalue weighted by Crippen LogP contribution is -2.33. The van der Waals surface area contributed by atoms with Crippen molar-refractivity contribution in [3.63, 3.8) is 0 Å². The van der Waals surface area contributed by atoms with Crippen LogP contribution in [0.3, 0.4) is 0 Å². The van der Waals surface area contributed by atoms with E-state index in [0.717, 1.165) is 22.5 Å². The maximum absolute atomic E-state index is 15.3. The summed E-state index contributed by atoms with van der Waals surface area (Å²) in [5.41, 5.74) is 5.86.